The Morgan fingerprint density at radius 1 is 1.30 bits per heavy atom. The molecule has 0 radical (unpaired) electrons. The molecule has 3 N–H and O–H groups in total. The number of anilines is 1. The fourth-order valence-corrected chi connectivity index (χ4v) is 3.09. The molecule has 1 aromatic heterocycles. The van der Waals surface area contributed by atoms with Crippen LogP contribution in [0.25, 0.3) is 0 Å². The van der Waals surface area contributed by atoms with E-state index in [-0.39, 0.29) is 5.84 Å². The number of aryl methyl sites for hydroxylation is 1. The second-order valence-electron chi connectivity index (χ2n) is 6.06. The van der Waals surface area contributed by atoms with Crippen LogP contribution >= 0.6 is 0 Å². The van der Waals surface area contributed by atoms with Crippen LogP contribution in [0.4, 0.5) is 5.82 Å². The smallest absolute Gasteiger partial charge is 0.162 e. The summed E-state index contributed by atoms with van der Waals surface area (Å²) in [6, 6.07) is 0.466. The largest absolute Gasteiger partial charge is 0.384 e. The summed E-state index contributed by atoms with van der Waals surface area (Å²) in [6.07, 6.45) is 4.90. The van der Waals surface area contributed by atoms with Crippen LogP contribution in [0.3, 0.4) is 0 Å². The standard InChI is InChI=1S/C15H25N5/c1-9-6-5-7-12(8-9)20(4)15-13(14(16)17)10(2)11(3)18-19-15/h9,12H,5-8H2,1-4H3,(H3,16,17). The van der Waals surface area contributed by atoms with Crippen molar-refractivity contribution in [2.24, 2.45) is 11.7 Å². The molecule has 20 heavy (non-hydrogen) atoms. The molecular formula is C15H25N5. The number of amidine groups is 1. The number of nitrogens with zero attached hydrogens (tertiary/aromatic N) is 3. The Bertz CT molecular complexity index is 511. The van der Waals surface area contributed by atoms with Crippen molar-refractivity contribution in [3.63, 3.8) is 0 Å². The number of hydrogen-bond donors (Lipinski definition) is 2. The Labute approximate surface area is 121 Å². The number of rotatable bonds is 3. The highest BCUT2D eigenvalue weighted by molar-refractivity contribution is 6.01. The van der Waals surface area contributed by atoms with Crippen LogP contribution in [-0.4, -0.2) is 29.1 Å². The monoisotopic (exact) mass is 275 g/mol. The molecule has 0 amide bonds. The first kappa shape index (κ1) is 14.8. The van der Waals surface area contributed by atoms with Crippen molar-refractivity contribution in [3.8, 4) is 0 Å². The van der Waals surface area contributed by atoms with Gasteiger partial charge in [0.25, 0.3) is 0 Å². The summed E-state index contributed by atoms with van der Waals surface area (Å²) in [7, 11) is 2.05. The molecular weight excluding hydrogens is 250 g/mol. The minimum atomic E-state index is 0.0752. The zero-order chi connectivity index (χ0) is 14.9. The fraction of sp³-hybridized carbons (Fsp3) is 0.667. The van der Waals surface area contributed by atoms with Gasteiger partial charge in [-0.15, -0.1) is 5.10 Å². The molecule has 5 nitrogen and oxygen atoms in total. The molecule has 2 unspecified atom stereocenters. The van der Waals surface area contributed by atoms with Crippen molar-refractivity contribution < 1.29 is 0 Å². The average molecular weight is 275 g/mol. The molecule has 2 rings (SSSR count). The number of hydrogen-bond acceptors (Lipinski definition) is 4. The van der Waals surface area contributed by atoms with Crippen LogP contribution < -0.4 is 10.6 Å². The third kappa shape index (κ3) is 2.76. The second-order valence-corrected chi connectivity index (χ2v) is 6.06. The van der Waals surface area contributed by atoms with Gasteiger partial charge in [-0.2, -0.15) is 5.10 Å². The van der Waals surface area contributed by atoms with Gasteiger partial charge < -0.3 is 10.6 Å². The van der Waals surface area contributed by atoms with Crippen molar-refractivity contribution in [3.05, 3.63) is 16.8 Å². The number of aromatic nitrogens is 2. The lowest BCUT2D eigenvalue weighted by Crippen LogP contribution is -2.38. The third-order valence-corrected chi connectivity index (χ3v) is 4.50. The van der Waals surface area contributed by atoms with E-state index in [1.54, 1.807) is 0 Å². The van der Waals surface area contributed by atoms with E-state index in [1.807, 2.05) is 20.9 Å². The molecule has 0 aromatic carbocycles. The van der Waals surface area contributed by atoms with E-state index in [9.17, 15) is 0 Å². The van der Waals surface area contributed by atoms with Gasteiger partial charge in [-0.05, 0) is 38.2 Å². The van der Waals surface area contributed by atoms with E-state index in [1.165, 1.54) is 25.7 Å². The van der Waals surface area contributed by atoms with E-state index >= 15 is 0 Å². The number of nitrogen functional groups attached to an aromatic ring is 1. The van der Waals surface area contributed by atoms with Gasteiger partial charge in [0.1, 0.15) is 5.84 Å². The van der Waals surface area contributed by atoms with E-state index in [2.05, 4.69) is 22.0 Å². The van der Waals surface area contributed by atoms with Crippen LogP contribution in [0.5, 0.6) is 0 Å². The summed E-state index contributed by atoms with van der Waals surface area (Å²) in [5.74, 6) is 1.57. The minimum Gasteiger partial charge on any atom is -0.384 e. The molecule has 1 aliphatic rings. The molecule has 0 saturated heterocycles. The first-order chi connectivity index (χ1) is 9.41. The van der Waals surface area contributed by atoms with Gasteiger partial charge in [0.2, 0.25) is 0 Å². The SMILES string of the molecule is Cc1nnc(N(C)C2CCCC(C)C2)c(C(=N)N)c1C. The highest BCUT2D eigenvalue weighted by atomic mass is 15.3. The normalized spacial score (nSPS) is 22.6. The van der Waals surface area contributed by atoms with E-state index in [0.29, 0.717) is 6.04 Å². The number of nitrogens with two attached hydrogens (primary N) is 1. The molecule has 1 fully saturated rings. The maximum atomic E-state index is 7.84. The second kappa shape index (κ2) is 5.77. The van der Waals surface area contributed by atoms with Gasteiger partial charge in [-0.3, -0.25) is 5.41 Å². The molecule has 0 spiro atoms. The lowest BCUT2D eigenvalue weighted by atomic mass is 9.86. The van der Waals surface area contributed by atoms with E-state index in [4.69, 9.17) is 11.1 Å². The molecule has 1 heterocycles. The van der Waals surface area contributed by atoms with Gasteiger partial charge in [-0.25, -0.2) is 0 Å². The van der Waals surface area contributed by atoms with E-state index < -0.39 is 0 Å². The summed E-state index contributed by atoms with van der Waals surface area (Å²) in [5.41, 5.74) is 8.30. The van der Waals surface area contributed by atoms with Crippen molar-refractivity contribution in [1.29, 1.82) is 5.41 Å². The van der Waals surface area contributed by atoms with Crippen LogP contribution in [-0.2, 0) is 0 Å². The summed E-state index contributed by atoms with van der Waals surface area (Å²) in [6.45, 7) is 6.17. The zero-order valence-electron chi connectivity index (χ0n) is 12.9. The van der Waals surface area contributed by atoms with Crippen LogP contribution in [0.1, 0.15) is 49.4 Å². The Hall–Kier alpha value is -1.65. The number of nitrogens with one attached hydrogen (secondary N) is 1. The van der Waals surface area contributed by atoms with Gasteiger partial charge in [-0.1, -0.05) is 19.8 Å². The van der Waals surface area contributed by atoms with Crippen LogP contribution in [0.2, 0.25) is 0 Å². The van der Waals surface area contributed by atoms with Gasteiger partial charge >= 0.3 is 0 Å². The van der Waals surface area contributed by atoms with Crippen LogP contribution in [0, 0.1) is 25.2 Å². The average Bonchev–Trinajstić information content (AvgIpc) is 2.40. The fourth-order valence-electron chi connectivity index (χ4n) is 3.09. The van der Waals surface area contributed by atoms with Gasteiger partial charge in [0.05, 0.1) is 11.3 Å². The lowest BCUT2D eigenvalue weighted by Gasteiger charge is -2.35. The van der Waals surface area contributed by atoms with Gasteiger partial charge in [0, 0.05) is 13.1 Å². The minimum absolute atomic E-state index is 0.0752. The van der Waals surface area contributed by atoms with Crippen LogP contribution in [0.15, 0.2) is 0 Å². The first-order valence-corrected chi connectivity index (χ1v) is 7.33. The highest BCUT2D eigenvalue weighted by Gasteiger charge is 2.26. The molecule has 110 valence electrons. The predicted octanol–water partition coefficient (Wildman–Crippen LogP) is 2.39. The maximum Gasteiger partial charge on any atom is 0.162 e. The summed E-state index contributed by atoms with van der Waals surface area (Å²) < 4.78 is 0. The molecule has 0 bridgehead atoms. The quantitative estimate of drug-likeness (QED) is 0.656. The zero-order valence-corrected chi connectivity index (χ0v) is 12.9. The lowest BCUT2D eigenvalue weighted by molar-refractivity contribution is 0.335. The predicted molar refractivity (Wildman–Crippen MR) is 82.3 cm³/mol. The van der Waals surface area contributed by atoms with E-state index in [0.717, 1.165) is 28.6 Å². The molecule has 2 atom stereocenters. The Kier molecular flexibility index (Phi) is 4.26. The highest BCUT2D eigenvalue weighted by Crippen LogP contribution is 2.30. The molecule has 1 aliphatic carbocycles. The van der Waals surface area contributed by atoms with Gasteiger partial charge in [0.15, 0.2) is 5.82 Å². The van der Waals surface area contributed by atoms with Crippen molar-refractivity contribution >= 4 is 11.7 Å². The summed E-state index contributed by atoms with van der Waals surface area (Å²) in [4.78, 5) is 2.17. The van der Waals surface area contributed by atoms with Crippen molar-refractivity contribution in [1.82, 2.24) is 10.2 Å². The molecule has 1 aromatic rings. The topological polar surface area (TPSA) is 78.9 Å². The Morgan fingerprint density at radius 3 is 2.60 bits per heavy atom. The Morgan fingerprint density at radius 2 is 2.00 bits per heavy atom. The molecule has 1 saturated carbocycles. The van der Waals surface area contributed by atoms with Crippen molar-refractivity contribution in [2.45, 2.75) is 52.5 Å². The summed E-state index contributed by atoms with van der Waals surface area (Å²) in [5, 5.41) is 16.4. The maximum absolute atomic E-state index is 7.84. The van der Waals surface area contributed by atoms with Crippen molar-refractivity contribution in [2.75, 3.05) is 11.9 Å². The summed E-state index contributed by atoms with van der Waals surface area (Å²) >= 11 is 0. The Balaban J connectivity index is 2.36. The molecule has 5 heteroatoms. The third-order valence-electron chi connectivity index (χ3n) is 4.50. The molecule has 0 aliphatic heterocycles. The first-order valence-electron chi connectivity index (χ1n) is 7.33.